The number of carboxylic acids is 1. The van der Waals surface area contributed by atoms with E-state index in [2.05, 4.69) is 10.2 Å². The predicted octanol–water partition coefficient (Wildman–Crippen LogP) is 1.83. The highest BCUT2D eigenvalue weighted by Gasteiger charge is 2.06. The van der Waals surface area contributed by atoms with Crippen molar-refractivity contribution in [3.8, 4) is 0 Å². The molecule has 0 aliphatic heterocycles. The molecular formula is C10H8N2O2S. The molecule has 0 saturated carbocycles. The van der Waals surface area contributed by atoms with E-state index in [9.17, 15) is 4.79 Å². The fourth-order valence-corrected chi connectivity index (χ4v) is 1.93. The van der Waals surface area contributed by atoms with Crippen LogP contribution in [0.4, 0.5) is 0 Å². The van der Waals surface area contributed by atoms with Gasteiger partial charge in [-0.25, -0.2) is 4.79 Å². The Morgan fingerprint density at radius 2 is 2.40 bits per heavy atom. The SMILES string of the molecule is O=C(O)c1cnnc(Cc2cccs2)c1. The Kier molecular flexibility index (Phi) is 2.73. The first-order valence-corrected chi connectivity index (χ1v) is 5.21. The Morgan fingerprint density at radius 3 is 3.07 bits per heavy atom. The largest absolute Gasteiger partial charge is 0.478 e. The van der Waals surface area contributed by atoms with E-state index >= 15 is 0 Å². The first-order valence-electron chi connectivity index (χ1n) is 4.33. The number of rotatable bonds is 3. The summed E-state index contributed by atoms with van der Waals surface area (Å²) in [5, 5.41) is 18.3. The van der Waals surface area contributed by atoms with Gasteiger partial charge in [0.25, 0.3) is 0 Å². The van der Waals surface area contributed by atoms with Crippen LogP contribution in [0.5, 0.6) is 0 Å². The van der Waals surface area contributed by atoms with Crippen molar-refractivity contribution in [1.82, 2.24) is 10.2 Å². The Morgan fingerprint density at radius 1 is 1.53 bits per heavy atom. The van der Waals surface area contributed by atoms with Crippen molar-refractivity contribution in [2.75, 3.05) is 0 Å². The van der Waals surface area contributed by atoms with Crippen LogP contribution in [0.2, 0.25) is 0 Å². The number of carbonyl (C=O) groups is 1. The summed E-state index contributed by atoms with van der Waals surface area (Å²) in [7, 11) is 0. The molecule has 0 fully saturated rings. The van der Waals surface area contributed by atoms with Crippen molar-refractivity contribution >= 4 is 17.3 Å². The van der Waals surface area contributed by atoms with Gasteiger partial charge in [0, 0.05) is 11.3 Å². The van der Waals surface area contributed by atoms with E-state index in [0.717, 1.165) is 4.88 Å². The molecule has 0 aliphatic rings. The van der Waals surface area contributed by atoms with Gasteiger partial charge in [-0.3, -0.25) is 0 Å². The van der Waals surface area contributed by atoms with E-state index in [-0.39, 0.29) is 5.56 Å². The number of hydrogen-bond acceptors (Lipinski definition) is 4. The minimum Gasteiger partial charge on any atom is -0.478 e. The van der Waals surface area contributed by atoms with Crippen molar-refractivity contribution < 1.29 is 9.90 Å². The minimum atomic E-state index is -0.975. The number of aromatic nitrogens is 2. The smallest absolute Gasteiger partial charge is 0.337 e. The molecule has 1 N–H and O–H groups in total. The molecule has 0 saturated heterocycles. The van der Waals surface area contributed by atoms with Crippen molar-refractivity contribution in [1.29, 1.82) is 0 Å². The Hall–Kier alpha value is -1.75. The Balaban J connectivity index is 2.22. The Bertz CT molecular complexity index is 468. The van der Waals surface area contributed by atoms with Gasteiger partial charge in [0.2, 0.25) is 0 Å². The maximum Gasteiger partial charge on any atom is 0.337 e. The second-order valence-corrected chi connectivity index (χ2v) is 4.03. The zero-order chi connectivity index (χ0) is 10.7. The van der Waals surface area contributed by atoms with Gasteiger partial charge in [-0.05, 0) is 17.5 Å². The van der Waals surface area contributed by atoms with Crippen molar-refractivity contribution in [3.05, 3.63) is 45.9 Å². The number of aromatic carboxylic acids is 1. The van der Waals surface area contributed by atoms with Crippen molar-refractivity contribution in [3.63, 3.8) is 0 Å². The van der Waals surface area contributed by atoms with Crippen LogP contribution in [0.15, 0.2) is 29.8 Å². The third-order valence-electron chi connectivity index (χ3n) is 1.89. The third-order valence-corrected chi connectivity index (χ3v) is 2.76. The molecule has 2 aromatic rings. The van der Waals surface area contributed by atoms with Crippen LogP contribution in [0, 0.1) is 0 Å². The van der Waals surface area contributed by atoms with Gasteiger partial charge in [0.15, 0.2) is 0 Å². The van der Waals surface area contributed by atoms with E-state index in [1.807, 2.05) is 17.5 Å². The highest BCUT2D eigenvalue weighted by atomic mass is 32.1. The molecule has 0 atom stereocenters. The number of nitrogens with zero attached hydrogens (tertiary/aromatic N) is 2. The molecule has 0 unspecified atom stereocenters. The second kappa shape index (κ2) is 4.18. The normalized spacial score (nSPS) is 10.1. The molecule has 0 aromatic carbocycles. The molecule has 2 aromatic heterocycles. The van der Waals surface area contributed by atoms with Crippen LogP contribution in [-0.4, -0.2) is 21.3 Å². The summed E-state index contributed by atoms with van der Waals surface area (Å²) < 4.78 is 0. The van der Waals surface area contributed by atoms with E-state index < -0.39 is 5.97 Å². The van der Waals surface area contributed by atoms with Gasteiger partial charge in [-0.1, -0.05) is 6.07 Å². The van der Waals surface area contributed by atoms with Gasteiger partial charge < -0.3 is 5.11 Å². The van der Waals surface area contributed by atoms with Gasteiger partial charge >= 0.3 is 5.97 Å². The van der Waals surface area contributed by atoms with Crippen LogP contribution < -0.4 is 0 Å². The highest BCUT2D eigenvalue weighted by molar-refractivity contribution is 7.09. The zero-order valence-electron chi connectivity index (χ0n) is 7.75. The first kappa shape index (κ1) is 9.79. The standard InChI is InChI=1S/C10H8N2O2S/c13-10(14)7-4-8(12-11-6-7)5-9-2-1-3-15-9/h1-4,6H,5H2,(H,13,14). The highest BCUT2D eigenvalue weighted by Crippen LogP contribution is 2.13. The maximum absolute atomic E-state index is 10.7. The molecule has 15 heavy (non-hydrogen) atoms. The second-order valence-electron chi connectivity index (χ2n) is 3.00. The molecule has 0 radical (unpaired) electrons. The summed E-state index contributed by atoms with van der Waals surface area (Å²) in [6.45, 7) is 0. The van der Waals surface area contributed by atoms with E-state index in [1.54, 1.807) is 17.4 Å². The molecule has 76 valence electrons. The maximum atomic E-state index is 10.7. The van der Waals surface area contributed by atoms with Gasteiger partial charge in [0.1, 0.15) is 0 Å². The zero-order valence-corrected chi connectivity index (χ0v) is 8.57. The fraction of sp³-hybridized carbons (Fsp3) is 0.100. The molecular weight excluding hydrogens is 212 g/mol. The lowest BCUT2D eigenvalue weighted by molar-refractivity contribution is 0.0696. The first-order chi connectivity index (χ1) is 7.25. The topological polar surface area (TPSA) is 63.1 Å². The molecule has 4 nitrogen and oxygen atoms in total. The number of hydrogen-bond donors (Lipinski definition) is 1. The summed E-state index contributed by atoms with van der Waals surface area (Å²) in [5.41, 5.74) is 0.855. The van der Waals surface area contributed by atoms with Crippen molar-refractivity contribution in [2.24, 2.45) is 0 Å². The molecule has 0 bridgehead atoms. The third kappa shape index (κ3) is 2.38. The summed E-state index contributed by atoms with van der Waals surface area (Å²) in [5.74, 6) is -0.975. The quantitative estimate of drug-likeness (QED) is 0.857. The van der Waals surface area contributed by atoms with E-state index in [1.165, 1.54) is 6.20 Å². The summed E-state index contributed by atoms with van der Waals surface area (Å²) in [4.78, 5) is 11.8. The monoisotopic (exact) mass is 220 g/mol. The van der Waals surface area contributed by atoms with Gasteiger partial charge in [0.05, 0.1) is 17.5 Å². The lowest BCUT2D eigenvalue weighted by Gasteiger charge is -1.98. The van der Waals surface area contributed by atoms with Crippen LogP contribution in [0.1, 0.15) is 20.9 Å². The van der Waals surface area contributed by atoms with Crippen LogP contribution in [-0.2, 0) is 6.42 Å². The van der Waals surface area contributed by atoms with Crippen LogP contribution >= 0.6 is 11.3 Å². The van der Waals surface area contributed by atoms with Gasteiger partial charge in [-0.15, -0.1) is 11.3 Å². The van der Waals surface area contributed by atoms with Gasteiger partial charge in [-0.2, -0.15) is 10.2 Å². The molecule has 2 heterocycles. The molecule has 2 rings (SSSR count). The van der Waals surface area contributed by atoms with Crippen LogP contribution in [0.3, 0.4) is 0 Å². The average molecular weight is 220 g/mol. The van der Waals surface area contributed by atoms with Crippen LogP contribution in [0.25, 0.3) is 0 Å². The number of thiophene rings is 1. The average Bonchev–Trinajstić information content (AvgIpc) is 2.71. The lowest BCUT2D eigenvalue weighted by atomic mass is 10.2. The lowest BCUT2D eigenvalue weighted by Crippen LogP contribution is -2.01. The summed E-state index contributed by atoms with van der Waals surface area (Å²) in [6, 6.07) is 5.49. The summed E-state index contributed by atoms with van der Waals surface area (Å²) >= 11 is 1.62. The molecule has 5 heteroatoms. The minimum absolute atomic E-state index is 0.177. The Labute approximate surface area is 90.2 Å². The predicted molar refractivity (Wildman–Crippen MR) is 56.1 cm³/mol. The van der Waals surface area contributed by atoms with E-state index in [0.29, 0.717) is 12.1 Å². The summed E-state index contributed by atoms with van der Waals surface area (Å²) in [6.07, 6.45) is 1.88. The fourth-order valence-electron chi connectivity index (χ4n) is 1.21. The molecule has 0 aliphatic carbocycles. The van der Waals surface area contributed by atoms with E-state index in [4.69, 9.17) is 5.11 Å². The number of carboxylic acid groups (broad SMARTS) is 1. The molecule has 0 amide bonds. The van der Waals surface area contributed by atoms with Crippen molar-refractivity contribution in [2.45, 2.75) is 6.42 Å². The molecule has 0 spiro atoms.